The van der Waals surface area contributed by atoms with Crippen molar-refractivity contribution in [3.63, 3.8) is 0 Å². The molecule has 0 saturated carbocycles. The second kappa shape index (κ2) is 8.96. The Hall–Kier alpha value is -2.08. The molecule has 0 unspecified atom stereocenters. The van der Waals surface area contributed by atoms with Gasteiger partial charge in [0.1, 0.15) is 11.9 Å². The van der Waals surface area contributed by atoms with Gasteiger partial charge in [0.2, 0.25) is 0 Å². The molecule has 2 saturated heterocycles. The van der Waals surface area contributed by atoms with Gasteiger partial charge in [-0.05, 0) is 67.6 Å². The summed E-state index contributed by atoms with van der Waals surface area (Å²) in [5.74, 6) is 0.960. The fourth-order valence-electron chi connectivity index (χ4n) is 5.36. The van der Waals surface area contributed by atoms with Crippen molar-refractivity contribution in [1.29, 1.82) is 0 Å². The average Bonchev–Trinajstić information content (AvgIpc) is 2.80. The number of hydrogen-bond donors (Lipinski definition) is 2. The zero-order valence-corrected chi connectivity index (χ0v) is 17.8. The molecule has 3 N–H and O–H groups in total. The van der Waals surface area contributed by atoms with Gasteiger partial charge in [0.25, 0.3) is 0 Å². The zero-order chi connectivity index (χ0) is 20.3. The summed E-state index contributed by atoms with van der Waals surface area (Å²) in [6.45, 7) is 6.34. The van der Waals surface area contributed by atoms with Gasteiger partial charge in [-0.25, -0.2) is 0 Å². The van der Waals surface area contributed by atoms with E-state index in [-0.39, 0.29) is 12.1 Å². The number of likely N-dealkylation sites (tertiary alicyclic amines) is 1. The molecule has 0 radical (unpaired) electrons. The Labute approximate surface area is 180 Å². The summed E-state index contributed by atoms with van der Waals surface area (Å²) in [5.41, 5.74) is 10.4. The van der Waals surface area contributed by atoms with Crippen molar-refractivity contribution >= 4 is 5.69 Å². The van der Waals surface area contributed by atoms with Gasteiger partial charge in [0, 0.05) is 44.5 Å². The van der Waals surface area contributed by atoms with Crippen LogP contribution in [0.15, 0.2) is 48.5 Å². The van der Waals surface area contributed by atoms with Crippen molar-refractivity contribution in [2.45, 2.75) is 43.9 Å². The van der Waals surface area contributed by atoms with Crippen LogP contribution >= 0.6 is 0 Å². The Bertz CT molecular complexity index is 833. The number of rotatable bonds is 4. The van der Waals surface area contributed by atoms with Crippen LogP contribution in [0.5, 0.6) is 5.75 Å². The van der Waals surface area contributed by atoms with Crippen molar-refractivity contribution in [2.24, 2.45) is 5.73 Å². The summed E-state index contributed by atoms with van der Waals surface area (Å²) < 4.78 is 6.71. The minimum absolute atomic E-state index is 0.0605. The first kappa shape index (κ1) is 19.9. The number of nitrogens with one attached hydrogen (secondary N) is 1. The topological polar surface area (TPSA) is 53.8 Å². The fraction of sp³-hybridized carbons (Fsp3) is 0.520. The lowest BCUT2D eigenvalue weighted by molar-refractivity contribution is 0.0367. The van der Waals surface area contributed by atoms with Crippen LogP contribution < -0.4 is 20.7 Å². The summed E-state index contributed by atoms with van der Waals surface area (Å²) in [7, 11) is 0. The van der Waals surface area contributed by atoms with Crippen LogP contribution in [-0.2, 0) is 6.42 Å². The van der Waals surface area contributed by atoms with E-state index in [0.29, 0.717) is 6.04 Å². The van der Waals surface area contributed by atoms with Gasteiger partial charge < -0.3 is 20.7 Å². The lowest BCUT2D eigenvalue weighted by Crippen LogP contribution is -2.51. The number of hydrogen-bond acceptors (Lipinski definition) is 5. The molecule has 0 aromatic heterocycles. The van der Waals surface area contributed by atoms with Crippen molar-refractivity contribution in [2.75, 3.05) is 44.2 Å². The molecular formula is C25H34N4O. The molecule has 5 nitrogen and oxygen atoms in total. The highest BCUT2D eigenvalue weighted by Crippen LogP contribution is 2.37. The quantitative estimate of drug-likeness (QED) is 0.818. The van der Waals surface area contributed by atoms with E-state index in [0.717, 1.165) is 64.3 Å². The maximum atomic E-state index is 6.71. The third-order valence-electron chi connectivity index (χ3n) is 6.96. The SMILES string of the molecule is N[C@H]1CCCN([C@H]2CCc3ccccc3[C@@H]2Oc2ccc(N3CCNCC3)cc2)C1. The van der Waals surface area contributed by atoms with Crippen LogP contribution in [0, 0.1) is 0 Å². The molecule has 2 heterocycles. The van der Waals surface area contributed by atoms with Crippen molar-refractivity contribution in [1.82, 2.24) is 10.2 Å². The molecule has 0 amide bonds. The predicted molar refractivity (Wildman–Crippen MR) is 122 cm³/mol. The summed E-state index contributed by atoms with van der Waals surface area (Å²) in [6, 6.07) is 18.2. The summed E-state index contributed by atoms with van der Waals surface area (Å²) in [4.78, 5) is 5.03. The van der Waals surface area contributed by atoms with Crippen LogP contribution in [0.2, 0.25) is 0 Å². The number of anilines is 1. The first-order chi connectivity index (χ1) is 14.8. The number of piperidine rings is 1. The molecule has 0 bridgehead atoms. The Morgan fingerprint density at radius 3 is 2.53 bits per heavy atom. The Kier molecular flexibility index (Phi) is 5.93. The highest BCUT2D eigenvalue weighted by molar-refractivity contribution is 5.49. The molecule has 2 aromatic rings. The first-order valence-electron chi connectivity index (χ1n) is 11.6. The molecule has 5 rings (SSSR count). The molecular weight excluding hydrogens is 372 g/mol. The lowest BCUT2D eigenvalue weighted by Gasteiger charge is -2.43. The molecule has 5 heteroatoms. The minimum Gasteiger partial charge on any atom is -0.484 e. The molecule has 3 aliphatic rings. The molecule has 2 aromatic carbocycles. The van der Waals surface area contributed by atoms with Crippen molar-refractivity contribution < 1.29 is 4.74 Å². The number of benzene rings is 2. The maximum absolute atomic E-state index is 6.71. The third kappa shape index (κ3) is 4.20. The number of aryl methyl sites for hydroxylation is 1. The van der Waals surface area contributed by atoms with Crippen LogP contribution in [0.4, 0.5) is 5.69 Å². The summed E-state index contributed by atoms with van der Waals surface area (Å²) in [6.07, 6.45) is 4.64. The van der Waals surface area contributed by atoms with Crippen molar-refractivity contribution in [3.8, 4) is 5.75 Å². The highest BCUT2D eigenvalue weighted by atomic mass is 16.5. The second-order valence-corrected chi connectivity index (χ2v) is 8.97. The molecule has 1 aliphatic carbocycles. The van der Waals surface area contributed by atoms with E-state index < -0.39 is 0 Å². The van der Waals surface area contributed by atoms with Crippen LogP contribution in [0.1, 0.15) is 36.5 Å². The zero-order valence-electron chi connectivity index (χ0n) is 17.8. The second-order valence-electron chi connectivity index (χ2n) is 8.97. The van der Waals surface area contributed by atoms with Gasteiger partial charge in [-0.1, -0.05) is 24.3 Å². The number of piperazine rings is 1. The van der Waals surface area contributed by atoms with E-state index in [1.807, 2.05) is 0 Å². The van der Waals surface area contributed by atoms with E-state index in [1.165, 1.54) is 23.2 Å². The van der Waals surface area contributed by atoms with Gasteiger partial charge in [-0.15, -0.1) is 0 Å². The fourth-order valence-corrected chi connectivity index (χ4v) is 5.36. The van der Waals surface area contributed by atoms with E-state index in [4.69, 9.17) is 10.5 Å². The average molecular weight is 407 g/mol. The van der Waals surface area contributed by atoms with Gasteiger partial charge in [-0.2, -0.15) is 0 Å². The third-order valence-corrected chi connectivity index (χ3v) is 6.96. The van der Waals surface area contributed by atoms with Gasteiger partial charge in [0.15, 0.2) is 0 Å². The normalized spacial score (nSPS) is 27.5. The monoisotopic (exact) mass is 406 g/mol. The molecule has 3 atom stereocenters. The molecule has 0 spiro atoms. The molecule has 2 fully saturated rings. The molecule has 2 aliphatic heterocycles. The predicted octanol–water partition coefficient (Wildman–Crippen LogP) is 2.95. The molecule has 160 valence electrons. The number of nitrogens with two attached hydrogens (primary N) is 1. The minimum atomic E-state index is 0.0605. The Morgan fingerprint density at radius 1 is 0.933 bits per heavy atom. The number of fused-ring (bicyclic) bond motifs is 1. The van der Waals surface area contributed by atoms with Crippen LogP contribution in [0.3, 0.4) is 0 Å². The Morgan fingerprint density at radius 2 is 1.73 bits per heavy atom. The Balaban J connectivity index is 1.37. The van der Waals surface area contributed by atoms with Gasteiger partial charge >= 0.3 is 0 Å². The molecule has 30 heavy (non-hydrogen) atoms. The van der Waals surface area contributed by atoms with E-state index in [9.17, 15) is 0 Å². The van der Waals surface area contributed by atoms with E-state index in [1.54, 1.807) is 0 Å². The van der Waals surface area contributed by atoms with Crippen molar-refractivity contribution in [3.05, 3.63) is 59.7 Å². The van der Waals surface area contributed by atoms with E-state index in [2.05, 4.69) is 63.6 Å². The standard InChI is InChI=1S/C25H34N4O/c26-20-5-3-15-29(18-20)24-12-7-19-4-1-2-6-23(19)25(24)30-22-10-8-21(9-11-22)28-16-13-27-14-17-28/h1-2,4,6,8-11,20,24-25,27H,3,5,7,12-18,26H2/t20-,24-,25-/m0/s1. The highest BCUT2D eigenvalue weighted by Gasteiger charge is 2.36. The summed E-state index contributed by atoms with van der Waals surface area (Å²) >= 11 is 0. The number of nitrogens with zero attached hydrogens (tertiary/aromatic N) is 2. The van der Waals surface area contributed by atoms with Crippen LogP contribution in [0.25, 0.3) is 0 Å². The maximum Gasteiger partial charge on any atom is 0.139 e. The smallest absolute Gasteiger partial charge is 0.139 e. The summed E-state index contributed by atoms with van der Waals surface area (Å²) in [5, 5.41) is 3.42. The van der Waals surface area contributed by atoms with Gasteiger partial charge in [-0.3, -0.25) is 4.90 Å². The van der Waals surface area contributed by atoms with Crippen LogP contribution in [-0.4, -0.2) is 56.3 Å². The van der Waals surface area contributed by atoms with E-state index >= 15 is 0 Å². The largest absolute Gasteiger partial charge is 0.484 e. The lowest BCUT2D eigenvalue weighted by atomic mass is 9.84. The first-order valence-corrected chi connectivity index (χ1v) is 11.6. The van der Waals surface area contributed by atoms with Gasteiger partial charge in [0.05, 0.1) is 6.04 Å². The number of ether oxygens (including phenoxy) is 1.